The van der Waals surface area contributed by atoms with Crippen molar-refractivity contribution in [2.45, 2.75) is 30.3 Å². The first-order chi connectivity index (χ1) is 17.2. The Bertz CT molecular complexity index is 1590. The molecule has 3 N–H and O–H groups in total. The number of amides is 1. The Kier molecular flexibility index (Phi) is 6.11. The second-order valence-corrected chi connectivity index (χ2v) is 10.3. The summed E-state index contributed by atoms with van der Waals surface area (Å²) >= 11 is 0. The van der Waals surface area contributed by atoms with Gasteiger partial charge in [-0.3, -0.25) is 14.2 Å². The molecule has 0 spiro atoms. The van der Waals surface area contributed by atoms with Crippen LogP contribution in [0, 0.1) is 0 Å². The molecule has 0 bridgehead atoms. The van der Waals surface area contributed by atoms with Gasteiger partial charge in [-0.25, -0.2) is 0 Å². The van der Waals surface area contributed by atoms with E-state index in [1.807, 2.05) is 30.3 Å². The number of para-hydroxylation sites is 1. The van der Waals surface area contributed by atoms with E-state index >= 15 is 0 Å². The van der Waals surface area contributed by atoms with Gasteiger partial charge in [0, 0.05) is 42.4 Å². The lowest BCUT2D eigenvalue weighted by Crippen LogP contribution is -2.36. The zero-order chi connectivity index (χ0) is 25.6. The lowest BCUT2D eigenvalue weighted by Gasteiger charge is -2.36. The summed E-state index contributed by atoms with van der Waals surface area (Å²) < 4.78 is 51.0. The number of carbonyl (C=O) groups excluding carboxylic acids is 1. The van der Waals surface area contributed by atoms with E-state index in [0.717, 1.165) is 16.5 Å². The summed E-state index contributed by atoms with van der Waals surface area (Å²) in [7, 11) is -1.38. The molecule has 0 saturated carbocycles. The Balaban J connectivity index is 1.69. The van der Waals surface area contributed by atoms with E-state index in [0.29, 0.717) is 53.1 Å². The normalized spacial score (nSPS) is 15.1. The summed E-state index contributed by atoms with van der Waals surface area (Å²) in [5.41, 5.74) is 9.21. The third-order valence-electron chi connectivity index (χ3n) is 6.72. The van der Waals surface area contributed by atoms with Gasteiger partial charge in [0.2, 0.25) is 5.91 Å². The molecule has 0 saturated heterocycles. The van der Waals surface area contributed by atoms with Crippen molar-refractivity contribution < 1.29 is 31.7 Å². The molecule has 0 radical (unpaired) electrons. The number of hydrogen-bond donors (Lipinski definition) is 2. The second-order valence-electron chi connectivity index (χ2n) is 8.84. The first kappa shape index (κ1) is 24.1. The topological polar surface area (TPSA) is 132 Å². The first-order valence-corrected chi connectivity index (χ1v) is 12.8. The van der Waals surface area contributed by atoms with Crippen LogP contribution in [0.4, 0.5) is 0 Å². The van der Waals surface area contributed by atoms with E-state index in [1.165, 1.54) is 12.1 Å². The fourth-order valence-electron chi connectivity index (χ4n) is 5.07. The van der Waals surface area contributed by atoms with Crippen molar-refractivity contribution in [3.8, 4) is 11.5 Å². The Hall–Kier alpha value is -3.60. The number of fused-ring (bicyclic) bond motifs is 4. The monoisotopic (exact) mass is 510 g/mol. The maximum atomic E-state index is 12.2. The summed E-state index contributed by atoms with van der Waals surface area (Å²) in [4.78, 5) is 14.0. The van der Waals surface area contributed by atoms with Crippen molar-refractivity contribution in [1.29, 1.82) is 0 Å². The smallest absolute Gasteiger partial charge is 0.294 e. The van der Waals surface area contributed by atoms with Gasteiger partial charge in [0.15, 0.2) is 11.5 Å². The Morgan fingerprint density at radius 2 is 1.78 bits per heavy atom. The number of methoxy groups -OCH3 is 2. The molecule has 1 unspecified atom stereocenters. The summed E-state index contributed by atoms with van der Waals surface area (Å²) in [6.07, 6.45) is 0.629. The van der Waals surface area contributed by atoms with Gasteiger partial charge in [-0.05, 0) is 47.4 Å². The highest BCUT2D eigenvalue weighted by molar-refractivity contribution is 7.85. The molecule has 4 aromatic rings. The van der Waals surface area contributed by atoms with E-state index in [4.69, 9.17) is 19.6 Å². The lowest BCUT2D eigenvalue weighted by molar-refractivity contribution is -0.119. The predicted octanol–water partition coefficient (Wildman–Crippen LogP) is 3.82. The number of hydrogen-bond acceptors (Lipinski definition) is 7. The number of furan rings is 1. The SMILES string of the molecule is COc1cc2c(cc1OC)CN(C(CC(N)=O)c1cc(S(=O)(=O)O)cc3oc4ccccc4c13)CC2. The predicted molar refractivity (Wildman–Crippen MR) is 134 cm³/mol. The molecule has 3 aromatic carbocycles. The highest BCUT2D eigenvalue weighted by Crippen LogP contribution is 2.41. The number of carbonyl (C=O) groups is 1. The average Bonchev–Trinajstić information content (AvgIpc) is 3.23. The molecule has 36 heavy (non-hydrogen) atoms. The first-order valence-electron chi connectivity index (χ1n) is 11.4. The molecule has 1 aliphatic rings. The van der Waals surface area contributed by atoms with Gasteiger partial charge < -0.3 is 19.6 Å². The van der Waals surface area contributed by atoms with Crippen LogP contribution >= 0.6 is 0 Å². The maximum absolute atomic E-state index is 12.2. The molecule has 2 heterocycles. The number of ether oxygens (including phenoxy) is 2. The third kappa shape index (κ3) is 4.27. The number of nitrogens with zero attached hydrogens (tertiary/aromatic N) is 1. The highest BCUT2D eigenvalue weighted by Gasteiger charge is 2.31. The van der Waals surface area contributed by atoms with Crippen LogP contribution < -0.4 is 15.2 Å². The zero-order valence-electron chi connectivity index (χ0n) is 19.9. The molecule has 1 aliphatic heterocycles. The minimum atomic E-state index is -4.54. The molecular weight excluding hydrogens is 484 g/mol. The number of nitrogens with two attached hydrogens (primary N) is 1. The van der Waals surface area contributed by atoms with Crippen molar-refractivity contribution in [2.24, 2.45) is 5.73 Å². The van der Waals surface area contributed by atoms with Gasteiger partial charge in [-0.1, -0.05) is 18.2 Å². The van der Waals surface area contributed by atoms with Crippen LogP contribution in [0.1, 0.15) is 29.2 Å². The largest absolute Gasteiger partial charge is 0.493 e. The van der Waals surface area contributed by atoms with Crippen LogP contribution in [0.5, 0.6) is 11.5 Å². The van der Waals surface area contributed by atoms with Gasteiger partial charge >= 0.3 is 0 Å². The van der Waals surface area contributed by atoms with Gasteiger partial charge in [-0.15, -0.1) is 0 Å². The van der Waals surface area contributed by atoms with Crippen LogP contribution in [-0.2, 0) is 27.9 Å². The quantitative estimate of drug-likeness (QED) is 0.359. The van der Waals surface area contributed by atoms with Gasteiger partial charge in [-0.2, -0.15) is 8.42 Å². The van der Waals surface area contributed by atoms with Gasteiger partial charge in [0.05, 0.1) is 19.1 Å². The Labute approximate surface area is 208 Å². The van der Waals surface area contributed by atoms with Crippen molar-refractivity contribution in [3.05, 3.63) is 65.2 Å². The molecule has 188 valence electrons. The van der Waals surface area contributed by atoms with Crippen molar-refractivity contribution >= 4 is 38.0 Å². The second kappa shape index (κ2) is 9.12. The van der Waals surface area contributed by atoms with E-state index < -0.39 is 22.1 Å². The van der Waals surface area contributed by atoms with Gasteiger partial charge in [0.1, 0.15) is 11.2 Å². The lowest BCUT2D eigenvalue weighted by atomic mass is 9.92. The Morgan fingerprint density at radius 1 is 1.08 bits per heavy atom. The molecule has 10 heteroatoms. The number of rotatable bonds is 7. The van der Waals surface area contributed by atoms with Crippen LogP contribution in [0.3, 0.4) is 0 Å². The molecule has 5 rings (SSSR count). The van der Waals surface area contributed by atoms with Crippen molar-refractivity contribution in [3.63, 3.8) is 0 Å². The van der Waals surface area contributed by atoms with Crippen LogP contribution in [0.15, 0.2) is 57.8 Å². The summed E-state index contributed by atoms with van der Waals surface area (Å²) in [5, 5.41) is 1.46. The maximum Gasteiger partial charge on any atom is 0.294 e. The summed E-state index contributed by atoms with van der Waals surface area (Å²) in [6.45, 7) is 1.06. The van der Waals surface area contributed by atoms with E-state index in [1.54, 1.807) is 20.3 Å². The Morgan fingerprint density at radius 3 is 2.44 bits per heavy atom. The van der Waals surface area contributed by atoms with E-state index in [-0.39, 0.29) is 11.3 Å². The minimum Gasteiger partial charge on any atom is -0.493 e. The molecular formula is C26H26N2O7S. The molecule has 1 amide bonds. The number of primary amides is 1. The van der Waals surface area contributed by atoms with E-state index in [2.05, 4.69) is 4.90 Å². The third-order valence-corrected chi connectivity index (χ3v) is 7.55. The fourth-order valence-corrected chi connectivity index (χ4v) is 5.60. The molecule has 9 nitrogen and oxygen atoms in total. The zero-order valence-corrected chi connectivity index (χ0v) is 20.7. The molecule has 0 aliphatic carbocycles. The molecule has 1 atom stereocenters. The summed E-state index contributed by atoms with van der Waals surface area (Å²) in [6, 6.07) is 13.4. The van der Waals surface area contributed by atoms with E-state index in [9.17, 15) is 17.8 Å². The van der Waals surface area contributed by atoms with Crippen LogP contribution in [0.2, 0.25) is 0 Å². The van der Waals surface area contributed by atoms with Crippen LogP contribution in [-0.4, -0.2) is 44.5 Å². The average molecular weight is 511 g/mol. The standard InChI is InChI=1S/C26H26N2O7S/c1-33-22-9-15-7-8-28(14-16(15)10-23(22)34-2)20(13-25(27)29)19-11-17(36(30,31)32)12-24-26(19)18-5-3-4-6-21(18)35-24/h3-6,9-12,20H,7-8,13-14H2,1-2H3,(H2,27,29)(H,30,31,32). The minimum absolute atomic E-state index is 0.0494. The summed E-state index contributed by atoms with van der Waals surface area (Å²) in [5.74, 6) is 0.711. The van der Waals surface area contributed by atoms with Crippen molar-refractivity contribution in [2.75, 3.05) is 20.8 Å². The fraction of sp³-hybridized carbons (Fsp3) is 0.269. The van der Waals surface area contributed by atoms with Crippen LogP contribution in [0.25, 0.3) is 21.9 Å². The van der Waals surface area contributed by atoms with Gasteiger partial charge in [0.25, 0.3) is 10.1 Å². The molecule has 1 aromatic heterocycles. The van der Waals surface area contributed by atoms with Crippen molar-refractivity contribution in [1.82, 2.24) is 4.90 Å². The molecule has 0 fully saturated rings. The highest BCUT2D eigenvalue weighted by atomic mass is 32.2. The number of benzene rings is 3.